The van der Waals surface area contributed by atoms with Crippen LogP contribution in [0.25, 0.3) is 0 Å². The quantitative estimate of drug-likeness (QED) is 0.368. The van der Waals surface area contributed by atoms with Crippen molar-refractivity contribution in [3.63, 3.8) is 0 Å². The van der Waals surface area contributed by atoms with Crippen LogP contribution in [0.2, 0.25) is 0 Å². The van der Waals surface area contributed by atoms with E-state index in [0.717, 1.165) is 39.0 Å². The van der Waals surface area contributed by atoms with E-state index in [-0.39, 0.29) is 29.0 Å². The minimum Gasteiger partial charge on any atom is -0.444 e. The molecule has 3 aliphatic heterocycles. The van der Waals surface area contributed by atoms with Crippen LogP contribution >= 0.6 is 0 Å². The van der Waals surface area contributed by atoms with Gasteiger partial charge >= 0.3 is 12.2 Å². The minimum atomic E-state index is -0.460. The summed E-state index contributed by atoms with van der Waals surface area (Å²) in [5, 5.41) is 3.44. The molecular formula is C41H65N5O5. The van der Waals surface area contributed by atoms with Gasteiger partial charge in [0.25, 0.3) is 0 Å². The number of carbonyl (C=O) groups excluding carboxylic acids is 3. The van der Waals surface area contributed by atoms with Crippen LogP contribution in [0.1, 0.15) is 91.2 Å². The molecule has 5 rings (SSSR count). The summed E-state index contributed by atoms with van der Waals surface area (Å²) in [5.41, 5.74) is 2.12. The highest BCUT2D eigenvalue weighted by Gasteiger charge is 2.40. The lowest BCUT2D eigenvalue weighted by atomic mass is 9.80. The lowest BCUT2D eigenvalue weighted by Gasteiger charge is -2.46. The molecule has 2 aromatic carbocycles. The second kappa shape index (κ2) is 18.3. The average Bonchev–Trinajstić information content (AvgIpc) is 3.08. The highest BCUT2D eigenvalue weighted by molar-refractivity contribution is 5.81. The van der Waals surface area contributed by atoms with Gasteiger partial charge < -0.3 is 24.6 Å². The topological polar surface area (TPSA) is 94.7 Å². The summed E-state index contributed by atoms with van der Waals surface area (Å²) >= 11 is 0. The van der Waals surface area contributed by atoms with Crippen LogP contribution in [-0.2, 0) is 25.3 Å². The number of hydrogen-bond donors (Lipinski definition) is 1. The molecule has 284 valence electrons. The zero-order valence-electron chi connectivity index (χ0n) is 33.1. The molecule has 10 nitrogen and oxygen atoms in total. The fourth-order valence-electron chi connectivity index (χ4n) is 6.98. The van der Waals surface area contributed by atoms with E-state index < -0.39 is 11.2 Å². The summed E-state index contributed by atoms with van der Waals surface area (Å²) in [5.74, 6) is 0.227. The molecule has 3 aliphatic rings. The Kier molecular flexibility index (Phi) is 15.1. The number of ketones is 1. The van der Waals surface area contributed by atoms with Gasteiger partial charge in [-0.05, 0) is 120 Å². The fourth-order valence-corrected chi connectivity index (χ4v) is 6.98. The maximum atomic E-state index is 12.2. The van der Waals surface area contributed by atoms with Crippen LogP contribution in [-0.4, -0.2) is 116 Å². The van der Waals surface area contributed by atoms with Crippen molar-refractivity contribution in [2.24, 2.45) is 0 Å². The first-order valence-electron chi connectivity index (χ1n) is 18.5. The van der Waals surface area contributed by atoms with Gasteiger partial charge in [0.15, 0.2) is 0 Å². The third-order valence-corrected chi connectivity index (χ3v) is 9.98. The first kappa shape index (κ1) is 41.9. The van der Waals surface area contributed by atoms with Gasteiger partial charge in [0.2, 0.25) is 0 Å². The summed E-state index contributed by atoms with van der Waals surface area (Å²) in [6, 6.07) is 21.5. The number of carbonyl (C=O) groups is 3. The molecule has 1 N–H and O–H groups in total. The number of likely N-dealkylation sites (tertiary alicyclic amines) is 2. The number of benzene rings is 2. The van der Waals surface area contributed by atoms with E-state index in [2.05, 4.69) is 97.9 Å². The molecule has 3 heterocycles. The minimum absolute atomic E-state index is 0.000226. The predicted molar refractivity (Wildman–Crippen MR) is 205 cm³/mol. The molecule has 2 amide bonds. The largest absolute Gasteiger partial charge is 0.444 e. The van der Waals surface area contributed by atoms with Gasteiger partial charge in [-0.2, -0.15) is 0 Å². The molecule has 0 atom stereocenters. The smallest absolute Gasteiger partial charge is 0.410 e. The van der Waals surface area contributed by atoms with Gasteiger partial charge in [-0.1, -0.05) is 60.7 Å². The standard InChI is InChI=1S/C18H28N2O2.C13H20N2.C10H17NO3/c1-17(2,3)22-16(21)20-13-11-18(12-14-20,19(4)5)15-9-7-6-8-10-15;1-15(2)13(8-10-14-11-9-13)12-6-4-3-5-7-12;1-10(2,3)14-9(13)11-6-4-8(12)5-7-11/h6-10H,11-14H2,1-5H3;3-7,14H,8-11H2,1-2H3;4-7H2,1-3H3. The van der Waals surface area contributed by atoms with Crippen molar-refractivity contribution in [3.8, 4) is 0 Å². The van der Waals surface area contributed by atoms with Gasteiger partial charge in [0, 0.05) is 50.1 Å². The van der Waals surface area contributed by atoms with Crippen molar-refractivity contribution in [2.75, 3.05) is 67.5 Å². The van der Waals surface area contributed by atoms with E-state index in [1.165, 1.54) is 24.0 Å². The molecule has 3 saturated heterocycles. The van der Waals surface area contributed by atoms with Crippen LogP contribution in [0, 0.1) is 0 Å². The van der Waals surface area contributed by atoms with Gasteiger partial charge in [0.05, 0.1) is 0 Å². The maximum absolute atomic E-state index is 12.2. The lowest BCUT2D eigenvalue weighted by molar-refractivity contribution is -0.121. The molecule has 0 bridgehead atoms. The molecule has 2 aromatic rings. The number of amides is 2. The Morgan fingerprint density at radius 3 is 1.31 bits per heavy atom. The molecule has 10 heteroatoms. The highest BCUT2D eigenvalue weighted by Crippen LogP contribution is 2.38. The zero-order valence-corrected chi connectivity index (χ0v) is 33.1. The number of piperidine rings is 3. The Labute approximate surface area is 307 Å². The molecule has 0 spiro atoms. The molecule has 0 saturated carbocycles. The number of rotatable bonds is 4. The summed E-state index contributed by atoms with van der Waals surface area (Å²) < 4.78 is 10.7. The Hall–Kier alpha value is -3.47. The second-order valence-corrected chi connectivity index (χ2v) is 16.3. The first-order valence-corrected chi connectivity index (χ1v) is 18.5. The normalized spacial score (nSPS) is 18.9. The van der Waals surface area contributed by atoms with E-state index in [1.54, 1.807) is 4.90 Å². The third kappa shape index (κ3) is 12.3. The summed E-state index contributed by atoms with van der Waals surface area (Å²) in [6.45, 7) is 15.9. The van der Waals surface area contributed by atoms with Crippen molar-refractivity contribution in [1.29, 1.82) is 0 Å². The number of nitrogens with zero attached hydrogens (tertiary/aromatic N) is 4. The van der Waals surface area contributed by atoms with Crippen molar-refractivity contribution >= 4 is 18.0 Å². The van der Waals surface area contributed by atoms with E-state index in [4.69, 9.17) is 9.47 Å². The SMILES string of the molecule is CC(C)(C)OC(=O)N1CCC(=O)CC1.CN(C)C1(c2ccccc2)CCN(C(=O)OC(C)(C)C)CC1.CN(C)C1(c2ccccc2)CCNCC1. The van der Waals surface area contributed by atoms with E-state index in [1.807, 2.05) is 52.5 Å². The fraction of sp³-hybridized carbons (Fsp3) is 0.634. The lowest BCUT2D eigenvalue weighted by Crippen LogP contribution is -2.52. The average molecular weight is 708 g/mol. The first-order chi connectivity index (χ1) is 23.9. The highest BCUT2D eigenvalue weighted by atomic mass is 16.6. The molecule has 0 aromatic heterocycles. The molecule has 0 radical (unpaired) electrons. The number of hydrogen-bond acceptors (Lipinski definition) is 8. The number of nitrogens with one attached hydrogen (secondary N) is 1. The van der Waals surface area contributed by atoms with Crippen LogP contribution in [0.15, 0.2) is 60.7 Å². The Morgan fingerprint density at radius 1 is 0.608 bits per heavy atom. The molecule has 51 heavy (non-hydrogen) atoms. The van der Waals surface area contributed by atoms with E-state index >= 15 is 0 Å². The molecule has 3 fully saturated rings. The van der Waals surface area contributed by atoms with Gasteiger partial charge in [-0.25, -0.2) is 9.59 Å². The maximum Gasteiger partial charge on any atom is 0.410 e. The summed E-state index contributed by atoms with van der Waals surface area (Å²) in [4.78, 5) is 42.8. The van der Waals surface area contributed by atoms with E-state index in [9.17, 15) is 14.4 Å². The summed E-state index contributed by atoms with van der Waals surface area (Å²) in [6.07, 6.45) is 4.64. The monoisotopic (exact) mass is 707 g/mol. The number of ether oxygens (including phenoxy) is 2. The van der Waals surface area contributed by atoms with Gasteiger partial charge in [0.1, 0.15) is 17.0 Å². The molecule has 0 aliphatic carbocycles. The molecular weight excluding hydrogens is 642 g/mol. The number of Topliss-reactive ketones (excluding diaryl/α,β-unsaturated/α-hetero) is 1. The Bertz CT molecular complexity index is 1360. The molecule has 0 unspecified atom stereocenters. The Balaban J connectivity index is 0.000000214. The Morgan fingerprint density at radius 2 is 0.961 bits per heavy atom. The van der Waals surface area contributed by atoms with Crippen molar-refractivity contribution in [1.82, 2.24) is 24.9 Å². The van der Waals surface area contributed by atoms with Crippen molar-refractivity contribution < 1.29 is 23.9 Å². The van der Waals surface area contributed by atoms with Crippen LogP contribution in [0.4, 0.5) is 9.59 Å². The predicted octanol–water partition coefficient (Wildman–Crippen LogP) is 6.89. The van der Waals surface area contributed by atoms with Gasteiger partial charge in [-0.15, -0.1) is 0 Å². The van der Waals surface area contributed by atoms with Crippen LogP contribution in [0.5, 0.6) is 0 Å². The zero-order chi connectivity index (χ0) is 37.9. The van der Waals surface area contributed by atoms with Crippen molar-refractivity contribution in [3.05, 3.63) is 71.8 Å². The summed E-state index contributed by atoms with van der Waals surface area (Å²) in [7, 11) is 8.63. The third-order valence-electron chi connectivity index (χ3n) is 9.98. The van der Waals surface area contributed by atoms with Gasteiger partial charge in [-0.3, -0.25) is 14.6 Å². The van der Waals surface area contributed by atoms with Crippen molar-refractivity contribution in [2.45, 2.75) is 102 Å². The second-order valence-electron chi connectivity index (χ2n) is 16.3. The van der Waals surface area contributed by atoms with Crippen LogP contribution < -0.4 is 5.32 Å². The van der Waals surface area contributed by atoms with E-state index in [0.29, 0.717) is 25.9 Å². The van der Waals surface area contributed by atoms with Crippen LogP contribution in [0.3, 0.4) is 0 Å².